The topological polar surface area (TPSA) is 73.6 Å². The third-order valence-corrected chi connectivity index (χ3v) is 4.74. The van der Waals surface area contributed by atoms with Gasteiger partial charge < -0.3 is 19.1 Å². The second-order valence-electron chi connectivity index (χ2n) is 8.25. The molecule has 6 nitrogen and oxygen atoms in total. The first-order valence-electron chi connectivity index (χ1n) is 9.92. The fraction of sp³-hybridized carbons (Fsp3) is 0.391. The molecule has 0 aliphatic carbocycles. The number of methoxy groups -OCH3 is 1. The lowest BCUT2D eigenvalue weighted by atomic mass is 10.0. The van der Waals surface area contributed by atoms with E-state index in [1.807, 2.05) is 4.57 Å². The lowest BCUT2D eigenvalue weighted by molar-refractivity contribution is 0.00696. The number of carbonyl (C=O) groups excluding carboxylic acids is 1. The van der Waals surface area contributed by atoms with Gasteiger partial charge in [0, 0.05) is 20.1 Å². The quantitative estimate of drug-likeness (QED) is 0.572. The molecule has 2 aromatic carbocycles. The summed E-state index contributed by atoms with van der Waals surface area (Å²) in [4.78, 5) is 17.1. The molecular formula is C23H26F2N2O4. The molecule has 8 heteroatoms. The van der Waals surface area contributed by atoms with Crippen molar-refractivity contribution >= 4 is 17.0 Å². The predicted molar refractivity (Wildman–Crippen MR) is 112 cm³/mol. The monoisotopic (exact) mass is 432 g/mol. The highest BCUT2D eigenvalue weighted by Crippen LogP contribution is 2.24. The van der Waals surface area contributed by atoms with Gasteiger partial charge in [0.1, 0.15) is 11.4 Å². The Morgan fingerprint density at radius 3 is 2.42 bits per heavy atom. The van der Waals surface area contributed by atoms with E-state index in [4.69, 9.17) is 9.47 Å². The predicted octanol–water partition coefficient (Wildman–Crippen LogP) is 4.00. The minimum Gasteiger partial charge on any atom is -0.456 e. The molecule has 0 aliphatic rings. The molecular weight excluding hydrogens is 406 g/mol. The van der Waals surface area contributed by atoms with Crippen LogP contribution in [-0.4, -0.2) is 39.9 Å². The van der Waals surface area contributed by atoms with E-state index in [0.29, 0.717) is 46.7 Å². The van der Waals surface area contributed by atoms with Gasteiger partial charge in [-0.05, 0) is 62.2 Å². The summed E-state index contributed by atoms with van der Waals surface area (Å²) in [7, 11) is 1.57. The van der Waals surface area contributed by atoms with Gasteiger partial charge in [-0.15, -0.1) is 0 Å². The number of rotatable bonds is 7. The number of carbonyl (C=O) groups is 1. The maximum Gasteiger partial charge on any atom is 0.338 e. The van der Waals surface area contributed by atoms with E-state index in [2.05, 4.69) is 4.98 Å². The van der Waals surface area contributed by atoms with Crippen LogP contribution in [0.2, 0.25) is 0 Å². The zero-order chi connectivity index (χ0) is 22.8. The summed E-state index contributed by atoms with van der Waals surface area (Å²) >= 11 is 0. The minimum atomic E-state index is -1.01. The number of hydrogen-bond donors (Lipinski definition) is 1. The smallest absolute Gasteiger partial charge is 0.338 e. The van der Waals surface area contributed by atoms with Gasteiger partial charge in [0.05, 0.1) is 29.8 Å². The Hall–Kier alpha value is -2.84. The molecule has 0 fully saturated rings. The number of aliphatic hydroxyl groups is 1. The Morgan fingerprint density at radius 1 is 1.13 bits per heavy atom. The van der Waals surface area contributed by atoms with Crippen LogP contribution in [0.3, 0.4) is 0 Å². The number of imidazole rings is 1. The molecule has 0 unspecified atom stereocenters. The molecule has 0 amide bonds. The van der Waals surface area contributed by atoms with Crippen molar-refractivity contribution in [1.82, 2.24) is 9.55 Å². The van der Waals surface area contributed by atoms with Gasteiger partial charge in [-0.1, -0.05) is 0 Å². The summed E-state index contributed by atoms with van der Waals surface area (Å²) in [5.74, 6) is -1.87. The highest BCUT2D eigenvalue weighted by molar-refractivity contribution is 5.94. The van der Waals surface area contributed by atoms with Gasteiger partial charge in [-0.3, -0.25) is 0 Å². The van der Waals surface area contributed by atoms with Crippen molar-refractivity contribution in [3.8, 4) is 0 Å². The molecule has 0 bridgehead atoms. The molecule has 1 N–H and O–H groups in total. The van der Waals surface area contributed by atoms with E-state index in [-0.39, 0.29) is 6.42 Å². The Labute approximate surface area is 179 Å². The standard InChI is InChI=1S/C23H26F2N2O4/c1-23(2,3)31-22(29)14-5-6-19-20(11-14)27(7-8-30-4)21(26-19)12-15-9-17(24)18(25)10-16(15)13-28/h5-6,9-11,28H,7-8,12-13H2,1-4H3. The van der Waals surface area contributed by atoms with Crippen LogP contribution in [0.1, 0.15) is 48.1 Å². The van der Waals surface area contributed by atoms with E-state index in [1.54, 1.807) is 46.1 Å². The maximum absolute atomic E-state index is 13.8. The molecule has 0 atom stereocenters. The lowest BCUT2D eigenvalue weighted by Gasteiger charge is -2.19. The van der Waals surface area contributed by atoms with E-state index in [0.717, 1.165) is 12.1 Å². The van der Waals surface area contributed by atoms with Gasteiger partial charge in [-0.25, -0.2) is 18.6 Å². The van der Waals surface area contributed by atoms with Crippen LogP contribution in [0.5, 0.6) is 0 Å². The molecule has 0 radical (unpaired) electrons. The molecule has 3 rings (SSSR count). The van der Waals surface area contributed by atoms with Crippen LogP contribution in [0.4, 0.5) is 8.78 Å². The van der Waals surface area contributed by atoms with Crippen LogP contribution in [0.15, 0.2) is 30.3 Å². The fourth-order valence-electron chi connectivity index (χ4n) is 3.31. The number of aromatic nitrogens is 2. The molecule has 0 aliphatic heterocycles. The highest BCUT2D eigenvalue weighted by Gasteiger charge is 2.20. The molecule has 0 saturated heterocycles. The normalized spacial score (nSPS) is 11.8. The third-order valence-electron chi connectivity index (χ3n) is 4.74. The van der Waals surface area contributed by atoms with Crippen molar-refractivity contribution in [3.63, 3.8) is 0 Å². The SMILES string of the molecule is COCCn1c(Cc2cc(F)c(F)cc2CO)nc2ccc(C(=O)OC(C)(C)C)cc21. The van der Waals surface area contributed by atoms with Crippen molar-refractivity contribution in [1.29, 1.82) is 0 Å². The molecule has 166 valence electrons. The summed E-state index contributed by atoms with van der Waals surface area (Å²) in [6, 6.07) is 7.14. The van der Waals surface area contributed by atoms with Gasteiger partial charge in [-0.2, -0.15) is 0 Å². The molecule has 31 heavy (non-hydrogen) atoms. The molecule has 3 aromatic rings. The molecule has 0 saturated carbocycles. The number of fused-ring (bicyclic) bond motifs is 1. The largest absolute Gasteiger partial charge is 0.456 e. The Bertz CT molecular complexity index is 1100. The average molecular weight is 432 g/mol. The van der Waals surface area contributed by atoms with E-state index in [9.17, 15) is 18.7 Å². The minimum absolute atomic E-state index is 0.174. The fourth-order valence-corrected chi connectivity index (χ4v) is 3.31. The average Bonchev–Trinajstić information content (AvgIpc) is 3.03. The second-order valence-corrected chi connectivity index (χ2v) is 8.25. The number of hydrogen-bond acceptors (Lipinski definition) is 5. The van der Waals surface area contributed by atoms with Crippen LogP contribution in [0, 0.1) is 11.6 Å². The number of benzene rings is 2. The first kappa shape index (κ1) is 22.8. The summed E-state index contributed by atoms with van der Waals surface area (Å²) in [6.45, 7) is 5.80. The Morgan fingerprint density at radius 2 is 1.81 bits per heavy atom. The van der Waals surface area contributed by atoms with E-state index >= 15 is 0 Å². The molecule has 1 aromatic heterocycles. The number of ether oxygens (including phenoxy) is 2. The Kier molecular flexibility index (Phi) is 6.71. The van der Waals surface area contributed by atoms with Crippen molar-refractivity contribution in [3.05, 3.63) is 64.5 Å². The first-order valence-corrected chi connectivity index (χ1v) is 9.92. The number of esters is 1. The number of nitrogens with zero attached hydrogens (tertiary/aromatic N) is 2. The summed E-state index contributed by atoms with van der Waals surface area (Å²) in [5.41, 5.74) is 1.83. The van der Waals surface area contributed by atoms with Crippen LogP contribution < -0.4 is 0 Å². The third kappa shape index (κ3) is 5.26. The number of halogens is 2. The van der Waals surface area contributed by atoms with Gasteiger partial charge in [0.15, 0.2) is 11.6 Å². The van der Waals surface area contributed by atoms with Gasteiger partial charge >= 0.3 is 5.97 Å². The van der Waals surface area contributed by atoms with Gasteiger partial charge in [0.2, 0.25) is 0 Å². The summed E-state index contributed by atoms with van der Waals surface area (Å²) < 4.78 is 39.9. The van der Waals surface area contributed by atoms with Gasteiger partial charge in [0.25, 0.3) is 0 Å². The zero-order valence-corrected chi connectivity index (χ0v) is 18.0. The molecule has 0 spiro atoms. The van der Waals surface area contributed by atoms with E-state index < -0.39 is 29.8 Å². The summed E-state index contributed by atoms with van der Waals surface area (Å²) in [6.07, 6.45) is 0.174. The zero-order valence-electron chi connectivity index (χ0n) is 18.0. The second kappa shape index (κ2) is 9.11. The lowest BCUT2D eigenvalue weighted by Crippen LogP contribution is -2.23. The van der Waals surface area contributed by atoms with Crippen LogP contribution >= 0.6 is 0 Å². The highest BCUT2D eigenvalue weighted by atomic mass is 19.2. The number of aliphatic hydroxyl groups excluding tert-OH is 1. The van der Waals surface area contributed by atoms with E-state index in [1.165, 1.54) is 0 Å². The maximum atomic E-state index is 13.8. The van der Waals surface area contributed by atoms with Crippen molar-refractivity contribution in [2.45, 2.75) is 45.9 Å². The molecule has 1 heterocycles. The Balaban J connectivity index is 2.05. The summed E-state index contributed by atoms with van der Waals surface area (Å²) in [5, 5.41) is 9.56. The van der Waals surface area contributed by atoms with Crippen molar-refractivity contribution < 1.29 is 28.2 Å². The van der Waals surface area contributed by atoms with Crippen LogP contribution in [0.25, 0.3) is 11.0 Å². The van der Waals surface area contributed by atoms with Crippen molar-refractivity contribution in [2.24, 2.45) is 0 Å². The van der Waals surface area contributed by atoms with Crippen molar-refractivity contribution in [2.75, 3.05) is 13.7 Å². The first-order chi connectivity index (χ1) is 14.6. The van der Waals surface area contributed by atoms with Crippen LogP contribution in [-0.2, 0) is 29.0 Å².